The van der Waals surface area contributed by atoms with Crippen LogP contribution in [-0.2, 0) is 16.1 Å². The van der Waals surface area contributed by atoms with E-state index in [0.717, 1.165) is 27.0 Å². The van der Waals surface area contributed by atoms with Gasteiger partial charge in [0.15, 0.2) is 0 Å². The van der Waals surface area contributed by atoms with Crippen molar-refractivity contribution < 1.29 is 13.9 Å². The minimum Gasteiger partial charge on any atom is -0.469 e. The lowest BCUT2D eigenvalue weighted by atomic mass is 9.97. The molecule has 0 atom stereocenters. The fraction of sp³-hybridized carbons (Fsp3) is 0.280. The summed E-state index contributed by atoms with van der Waals surface area (Å²) < 4.78 is 18.4. The molecule has 3 aromatic heterocycles. The first kappa shape index (κ1) is 22.2. The number of nitrogens with one attached hydrogen (secondary N) is 1. The molecular weight excluding hydrogens is 453 g/mol. The van der Waals surface area contributed by atoms with Crippen LogP contribution >= 0.6 is 11.3 Å². The third kappa shape index (κ3) is 4.56. The molecule has 5 rings (SSSR count). The molecule has 1 fully saturated rings. The number of ether oxygens (including phenoxy) is 1. The van der Waals surface area contributed by atoms with E-state index < -0.39 is 0 Å². The van der Waals surface area contributed by atoms with Gasteiger partial charge in [-0.15, -0.1) is 11.3 Å². The van der Waals surface area contributed by atoms with Crippen molar-refractivity contribution >= 4 is 39.3 Å². The Hall–Kier alpha value is -3.59. The number of carbonyl (C=O) groups excluding carboxylic acids is 1. The van der Waals surface area contributed by atoms with Crippen LogP contribution in [0.1, 0.15) is 18.5 Å². The Morgan fingerprint density at radius 1 is 1.18 bits per heavy atom. The second-order valence-corrected chi connectivity index (χ2v) is 9.03. The minimum atomic E-state index is -0.273. The van der Waals surface area contributed by atoms with Gasteiger partial charge in [0.05, 0.1) is 30.7 Å². The van der Waals surface area contributed by atoms with Crippen LogP contribution in [0.2, 0.25) is 0 Å². The number of aromatic nitrogens is 3. The van der Waals surface area contributed by atoms with Crippen LogP contribution in [0.4, 0.5) is 16.2 Å². The maximum Gasteiger partial charge on any atom is 0.308 e. The number of fused-ring (bicyclic) bond motifs is 1. The molecule has 0 bridgehead atoms. The second-order valence-electron chi connectivity index (χ2n) is 8.17. The maximum absolute atomic E-state index is 13.5. The van der Waals surface area contributed by atoms with Gasteiger partial charge in [-0.05, 0) is 42.7 Å². The summed E-state index contributed by atoms with van der Waals surface area (Å²) in [7, 11) is 1.43. The summed E-state index contributed by atoms with van der Waals surface area (Å²) in [6, 6.07) is 12.2. The highest BCUT2D eigenvalue weighted by molar-refractivity contribution is 7.17. The molecule has 7 nitrogen and oxygen atoms in total. The summed E-state index contributed by atoms with van der Waals surface area (Å²) in [6.07, 6.45) is 3.17. The Labute approximate surface area is 200 Å². The number of rotatable bonds is 6. The molecule has 0 radical (unpaired) electrons. The molecule has 174 valence electrons. The van der Waals surface area contributed by atoms with E-state index in [0.29, 0.717) is 44.2 Å². The number of halogens is 1. The van der Waals surface area contributed by atoms with E-state index in [1.165, 1.54) is 30.6 Å². The monoisotopic (exact) mass is 477 g/mol. The highest BCUT2D eigenvalue weighted by Crippen LogP contribution is 2.38. The number of nitrogens with zero attached hydrogens (tertiary/aromatic N) is 4. The molecule has 0 amide bonds. The zero-order valence-electron chi connectivity index (χ0n) is 18.7. The SMILES string of the molecule is COC(=O)C1CCN(c2nc(NCc3ccccn3)c3c(-c4ccc(F)cc4)csc3n2)CC1. The van der Waals surface area contributed by atoms with E-state index >= 15 is 0 Å². The fourth-order valence-corrected chi connectivity index (χ4v) is 5.14. The fourth-order valence-electron chi connectivity index (χ4n) is 4.20. The zero-order chi connectivity index (χ0) is 23.5. The number of piperidine rings is 1. The number of anilines is 2. The lowest BCUT2D eigenvalue weighted by Gasteiger charge is -2.30. The van der Waals surface area contributed by atoms with Crippen LogP contribution in [0.5, 0.6) is 0 Å². The summed E-state index contributed by atoms with van der Waals surface area (Å²) in [6.45, 7) is 1.87. The number of hydrogen-bond acceptors (Lipinski definition) is 8. The molecule has 0 unspecified atom stereocenters. The Morgan fingerprint density at radius 3 is 2.68 bits per heavy atom. The van der Waals surface area contributed by atoms with E-state index in [1.54, 1.807) is 18.3 Å². The summed E-state index contributed by atoms with van der Waals surface area (Å²) in [5.74, 6) is 0.827. The van der Waals surface area contributed by atoms with Crippen LogP contribution in [0.3, 0.4) is 0 Å². The molecule has 4 heterocycles. The highest BCUT2D eigenvalue weighted by atomic mass is 32.1. The third-order valence-corrected chi connectivity index (χ3v) is 6.92. The molecule has 1 aromatic carbocycles. The normalized spacial score (nSPS) is 14.4. The van der Waals surface area contributed by atoms with Crippen LogP contribution in [-0.4, -0.2) is 41.1 Å². The smallest absolute Gasteiger partial charge is 0.308 e. The molecular formula is C25H24FN5O2S. The van der Waals surface area contributed by atoms with Crippen molar-refractivity contribution in [1.29, 1.82) is 0 Å². The molecule has 1 aliphatic heterocycles. The van der Waals surface area contributed by atoms with Crippen molar-refractivity contribution in [3.8, 4) is 11.1 Å². The largest absolute Gasteiger partial charge is 0.469 e. The van der Waals surface area contributed by atoms with E-state index in [9.17, 15) is 9.18 Å². The highest BCUT2D eigenvalue weighted by Gasteiger charge is 2.27. The molecule has 1 aliphatic rings. The van der Waals surface area contributed by atoms with E-state index in [-0.39, 0.29) is 17.7 Å². The summed E-state index contributed by atoms with van der Waals surface area (Å²) in [4.78, 5) is 29.0. The van der Waals surface area contributed by atoms with Crippen LogP contribution < -0.4 is 10.2 Å². The summed E-state index contributed by atoms with van der Waals surface area (Å²) >= 11 is 1.53. The Kier molecular flexibility index (Phi) is 6.35. The van der Waals surface area contributed by atoms with Crippen molar-refractivity contribution in [2.45, 2.75) is 19.4 Å². The third-order valence-electron chi connectivity index (χ3n) is 6.05. The standard InChI is InChI=1S/C25H24FN5O2S/c1-33-24(32)17-9-12-31(13-10-17)25-29-22(28-14-19-4-2-3-11-27-19)21-20(15-34-23(21)30-25)16-5-7-18(26)8-6-16/h2-8,11,15,17H,9-10,12-14H2,1H3,(H,28,29,30). The second kappa shape index (κ2) is 9.72. The molecule has 0 aliphatic carbocycles. The van der Waals surface area contributed by atoms with Crippen LogP contribution in [0.25, 0.3) is 21.3 Å². The van der Waals surface area contributed by atoms with Gasteiger partial charge >= 0.3 is 5.97 Å². The van der Waals surface area contributed by atoms with Gasteiger partial charge in [-0.25, -0.2) is 9.37 Å². The van der Waals surface area contributed by atoms with E-state index in [1.807, 2.05) is 23.6 Å². The average Bonchev–Trinajstić information content (AvgIpc) is 3.32. The van der Waals surface area contributed by atoms with Gasteiger partial charge in [0.2, 0.25) is 5.95 Å². The predicted octanol–water partition coefficient (Wildman–Crippen LogP) is 4.89. The Bertz CT molecular complexity index is 1290. The summed E-state index contributed by atoms with van der Waals surface area (Å²) in [5.41, 5.74) is 2.76. The van der Waals surface area contributed by atoms with Gasteiger partial charge in [-0.3, -0.25) is 9.78 Å². The van der Waals surface area contributed by atoms with Gasteiger partial charge in [0, 0.05) is 30.2 Å². The molecule has 1 saturated heterocycles. The zero-order valence-corrected chi connectivity index (χ0v) is 19.5. The van der Waals surface area contributed by atoms with Gasteiger partial charge in [0.25, 0.3) is 0 Å². The Balaban J connectivity index is 1.50. The van der Waals surface area contributed by atoms with Gasteiger partial charge in [-0.1, -0.05) is 18.2 Å². The lowest BCUT2D eigenvalue weighted by Crippen LogP contribution is -2.37. The molecule has 9 heteroatoms. The van der Waals surface area contributed by atoms with Crippen molar-refractivity contribution in [2.24, 2.45) is 5.92 Å². The molecule has 1 N–H and O–H groups in total. The number of benzene rings is 1. The first-order valence-electron chi connectivity index (χ1n) is 11.1. The molecule has 34 heavy (non-hydrogen) atoms. The minimum absolute atomic E-state index is 0.0847. The Morgan fingerprint density at radius 2 is 1.97 bits per heavy atom. The van der Waals surface area contributed by atoms with Crippen LogP contribution in [0.15, 0.2) is 54.0 Å². The molecule has 4 aromatic rings. The maximum atomic E-state index is 13.5. The number of thiophene rings is 1. The topological polar surface area (TPSA) is 80.2 Å². The number of methoxy groups -OCH3 is 1. The number of pyridine rings is 1. The molecule has 0 spiro atoms. The first-order chi connectivity index (χ1) is 16.6. The van der Waals surface area contributed by atoms with Crippen molar-refractivity contribution in [2.75, 3.05) is 30.4 Å². The molecule has 0 saturated carbocycles. The predicted molar refractivity (Wildman–Crippen MR) is 131 cm³/mol. The number of hydrogen-bond donors (Lipinski definition) is 1. The van der Waals surface area contributed by atoms with Crippen molar-refractivity contribution in [3.05, 3.63) is 65.6 Å². The van der Waals surface area contributed by atoms with E-state index in [4.69, 9.17) is 14.7 Å². The number of carbonyl (C=O) groups is 1. The number of esters is 1. The van der Waals surface area contributed by atoms with Gasteiger partial charge < -0.3 is 15.0 Å². The van der Waals surface area contributed by atoms with Gasteiger partial charge in [0.1, 0.15) is 16.5 Å². The first-order valence-corrected chi connectivity index (χ1v) is 12.0. The van der Waals surface area contributed by atoms with Crippen LogP contribution in [0, 0.1) is 11.7 Å². The van der Waals surface area contributed by atoms with Crippen molar-refractivity contribution in [3.63, 3.8) is 0 Å². The van der Waals surface area contributed by atoms with Crippen molar-refractivity contribution in [1.82, 2.24) is 15.0 Å². The van der Waals surface area contributed by atoms with Gasteiger partial charge in [-0.2, -0.15) is 4.98 Å². The summed E-state index contributed by atoms with van der Waals surface area (Å²) in [5, 5.41) is 6.38. The average molecular weight is 478 g/mol. The van der Waals surface area contributed by atoms with E-state index in [2.05, 4.69) is 15.2 Å². The lowest BCUT2D eigenvalue weighted by molar-refractivity contribution is -0.146. The quantitative estimate of drug-likeness (QED) is 0.396.